The van der Waals surface area contributed by atoms with Crippen molar-refractivity contribution in [3.05, 3.63) is 36.0 Å². The number of pyridine rings is 1. The third kappa shape index (κ3) is 3.21. The van der Waals surface area contributed by atoms with Crippen molar-refractivity contribution in [2.75, 3.05) is 25.2 Å². The molecule has 0 saturated heterocycles. The largest absolute Gasteiger partial charge is 0.398 e. The monoisotopic (exact) mass is 280 g/mol. The van der Waals surface area contributed by atoms with Crippen LogP contribution >= 0.6 is 0 Å². The van der Waals surface area contributed by atoms with Gasteiger partial charge in [0.1, 0.15) is 0 Å². The number of aromatic nitrogens is 1. The molecule has 2 N–H and O–H groups in total. The molecule has 1 aromatic carbocycles. The zero-order valence-electron chi connectivity index (χ0n) is 10.7. The summed E-state index contributed by atoms with van der Waals surface area (Å²) in [6.45, 7) is 0.197. The van der Waals surface area contributed by atoms with Crippen LogP contribution in [-0.4, -0.2) is 32.9 Å². The quantitative estimate of drug-likeness (QED) is 0.837. The smallest absolute Gasteiger partial charge is 0.156 e. The van der Waals surface area contributed by atoms with Gasteiger partial charge in [0.15, 0.2) is 9.84 Å². The summed E-state index contributed by atoms with van der Waals surface area (Å²) in [5.74, 6) is -0.0492. The molecule has 0 amide bonds. The summed E-state index contributed by atoms with van der Waals surface area (Å²) in [7, 11) is -1.73. The van der Waals surface area contributed by atoms with E-state index in [-0.39, 0.29) is 18.1 Å². The highest BCUT2D eigenvalue weighted by atomic mass is 32.2. The van der Waals surface area contributed by atoms with Crippen LogP contribution < -0.4 is 5.73 Å². The number of nitrogen functional groups attached to an aromatic ring is 1. The lowest BCUT2D eigenvalue weighted by atomic mass is 10.1. The molecule has 0 saturated carbocycles. The Labute approximate surface area is 112 Å². The van der Waals surface area contributed by atoms with Crippen LogP contribution in [0.15, 0.2) is 30.5 Å². The number of benzene rings is 1. The van der Waals surface area contributed by atoms with Crippen LogP contribution in [0.3, 0.4) is 0 Å². The highest BCUT2D eigenvalue weighted by molar-refractivity contribution is 7.90. The van der Waals surface area contributed by atoms with Crippen molar-refractivity contribution in [1.82, 2.24) is 4.98 Å². The van der Waals surface area contributed by atoms with Gasteiger partial charge in [-0.25, -0.2) is 8.42 Å². The molecule has 5 nitrogen and oxygen atoms in total. The Kier molecular flexibility index (Phi) is 4.01. The maximum atomic E-state index is 11.9. The Morgan fingerprint density at radius 1 is 1.32 bits per heavy atom. The van der Waals surface area contributed by atoms with Gasteiger partial charge in [0.2, 0.25) is 0 Å². The zero-order valence-corrected chi connectivity index (χ0v) is 11.5. The van der Waals surface area contributed by atoms with Gasteiger partial charge in [0.05, 0.1) is 23.6 Å². The molecular formula is C13H16N2O3S. The fourth-order valence-electron chi connectivity index (χ4n) is 1.89. The van der Waals surface area contributed by atoms with Gasteiger partial charge in [-0.05, 0) is 23.8 Å². The van der Waals surface area contributed by atoms with Gasteiger partial charge >= 0.3 is 0 Å². The number of sulfone groups is 1. The Hall–Kier alpha value is -1.66. The van der Waals surface area contributed by atoms with E-state index in [1.807, 2.05) is 6.07 Å². The lowest BCUT2D eigenvalue weighted by Gasteiger charge is -2.08. The molecule has 0 aliphatic heterocycles. The third-order valence-corrected chi connectivity index (χ3v) is 4.40. The van der Waals surface area contributed by atoms with E-state index in [0.29, 0.717) is 16.8 Å². The number of rotatable bonds is 5. The average Bonchev–Trinajstić information content (AvgIpc) is 2.40. The molecule has 0 bridgehead atoms. The van der Waals surface area contributed by atoms with Gasteiger partial charge in [-0.3, -0.25) is 4.98 Å². The van der Waals surface area contributed by atoms with Gasteiger partial charge in [0.25, 0.3) is 0 Å². The number of methoxy groups -OCH3 is 1. The summed E-state index contributed by atoms with van der Waals surface area (Å²) in [5, 5.41) is 0.780. The first-order valence-corrected chi connectivity index (χ1v) is 7.67. The first kappa shape index (κ1) is 13.8. The van der Waals surface area contributed by atoms with Gasteiger partial charge < -0.3 is 10.5 Å². The van der Waals surface area contributed by atoms with Crippen LogP contribution in [-0.2, 0) is 20.3 Å². The van der Waals surface area contributed by atoms with Crippen LogP contribution in [0.1, 0.15) is 5.56 Å². The van der Waals surface area contributed by atoms with Crippen molar-refractivity contribution >= 4 is 26.4 Å². The molecule has 0 aliphatic rings. The summed E-state index contributed by atoms with van der Waals surface area (Å²) < 4.78 is 28.7. The summed E-state index contributed by atoms with van der Waals surface area (Å²) in [6.07, 6.45) is 1.63. The van der Waals surface area contributed by atoms with Crippen molar-refractivity contribution < 1.29 is 13.2 Å². The highest BCUT2D eigenvalue weighted by Crippen LogP contribution is 2.24. The van der Waals surface area contributed by atoms with Crippen LogP contribution in [0.5, 0.6) is 0 Å². The maximum absolute atomic E-state index is 11.9. The molecule has 0 atom stereocenters. The molecule has 0 unspecified atom stereocenters. The van der Waals surface area contributed by atoms with E-state index < -0.39 is 9.84 Å². The summed E-state index contributed by atoms with van der Waals surface area (Å²) in [6, 6.07) is 7.05. The van der Waals surface area contributed by atoms with E-state index in [9.17, 15) is 8.42 Å². The molecular weight excluding hydrogens is 264 g/mol. The molecule has 0 radical (unpaired) electrons. The summed E-state index contributed by atoms with van der Waals surface area (Å²) >= 11 is 0. The number of hydrogen-bond acceptors (Lipinski definition) is 5. The van der Waals surface area contributed by atoms with Crippen LogP contribution in [0, 0.1) is 0 Å². The van der Waals surface area contributed by atoms with Crippen molar-refractivity contribution in [1.29, 1.82) is 0 Å². The van der Waals surface area contributed by atoms with Crippen molar-refractivity contribution in [3.63, 3.8) is 0 Å². The van der Waals surface area contributed by atoms with Crippen molar-refractivity contribution in [2.24, 2.45) is 0 Å². The highest BCUT2D eigenvalue weighted by Gasteiger charge is 2.15. The fourth-order valence-corrected chi connectivity index (χ4v) is 3.16. The maximum Gasteiger partial charge on any atom is 0.156 e. The third-order valence-electron chi connectivity index (χ3n) is 2.86. The summed E-state index contributed by atoms with van der Waals surface area (Å²) in [5.41, 5.74) is 7.77. The van der Waals surface area contributed by atoms with Crippen molar-refractivity contribution in [3.8, 4) is 0 Å². The van der Waals surface area contributed by atoms with Crippen molar-refractivity contribution in [2.45, 2.75) is 5.75 Å². The second-order valence-corrected chi connectivity index (χ2v) is 6.48. The van der Waals surface area contributed by atoms with Gasteiger partial charge in [0, 0.05) is 24.4 Å². The molecule has 0 fully saturated rings. The second kappa shape index (κ2) is 5.54. The average molecular weight is 280 g/mol. The number of anilines is 1. The number of nitrogens with two attached hydrogens (primary N) is 1. The number of hydrogen-bond donors (Lipinski definition) is 1. The molecule has 0 spiro atoms. The Balaban J connectivity index is 2.39. The molecule has 2 aromatic rings. The van der Waals surface area contributed by atoms with E-state index >= 15 is 0 Å². The van der Waals surface area contributed by atoms with E-state index in [2.05, 4.69) is 4.98 Å². The molecule has 6 heteroatoms. The van der Waals surface area contributed by atoms with E-state index in [0.717, 1.165) is 5.39 Å². The minimum Gasteiger partial charge on any atom is -0.398 e. The van der Waals surface area contributed by atoms with Crippen LogP contribution in [0.25, 0.3) is 10.9 Å². The lowest BCUT2D eigenvalue weighted by molar-refractivity contribution is 0.217. The predicted octanol–water partition coefficient (Wildman–Crippen LogP) is 1.38. The van der Waals surface area contributed by atoms with Gasteiger partial charge in [-0.1, -0.05) is 6.07 Å². The zero-order chi connectivity index (χ0) is 13.9. The number of ether oxygens (including phenoxy) is 1. The molecule has 2 rings (SSSR count). The Morgan fingerprint density at radius 3 is 2.84 bits per heavy atom. The Morgan fingerprint density at radius 2 is 2.11 bits per heavy atom. The van der Waals surface area contributed by atoms with Crippen LogP contribution in [0.4, 0.5) is 5.69 Å². The molecule has 19 heavy (non-hydrogen) atoms. The minimum atomic E-state index is -3.21. The first-order valence-electron chi connectivity index (χ1n) is 5.85. The van der Waals surface area contributed by atoms with Gasteiger partial charge in [-0.15, -0.1) is 0 Å². The van der Waals surface area contributed by atoms with E-state index in [1.54, 1.807) is 24.4 Å². The van der Waals surface area contributed by atoms with E-state index in [1.165, 1.54) is 7.11 Å². The topological polar surface area (TPSA) is 82.3 Å². The number of fused-ring (bicyclic) bond motifs is 1. The molecule has 1 aromatic heterocycles. The number of nitrogens with zero attached hydrogens (tertiary/aromatic N) is 1. The first-order chi connectivity index (χ1) is 9.03. The fraction of sp³-hybridized carbons (Fsp3) is 0.308. The molecule has 1 heterocycles. The predicted molar refractivity (Wildman–Crippen MR) is 75.5 cm³/mol. The van der Waals surface area contributed by atoms with Crippen LogP contribution in [0.2, 0.25) is 0 Å². The van der Waals surface area contributed by atoms with E-state index in [4.69, 9.17) is 10.5 Å². The Bertz CT molecular complexity index is 683. The molecule has 0 aliphatic carbocycles. The minimum absolute atomic E-state index is 0.00219. The lowest BCUT2D eigenvalue weighted by Crippen LogP contribution is -2.14. The van der Waals surface area contributed by atoms with Gasteiger partial charge in [-0.2, -0.15) is 0 Å². The second-order valence-electron chi connectivity index (χ2n) is 4.30. The summed E-state index contributed by atoms with van der Waals surface area (Å²) in [4.78, 5) is 4.23. The SMILES string of the molecule is COCCS(=O)(=O)Cc1ccc(N)c2cccnc12. The normalized spacial score (nSPS) is 11.8. The molecule has 102 valence electrons. The standard InChI is InChI=1S/C13H16N2O3S/c1-18-7-8-19(16,17)9-10-4-5-12(14)11-3-2-6-15-13(10)11/h2-6H,7-9,14H2,1H3.